The van der Waals surface area contributed by atoms with Crippen molar-refractivity contribution >= 4 is 0 Å². The van der Waals surface area contributed by atoms with Crippen molar-refractivity contribution in [3.8, 4) is 6.07 Å². The average Bonchev–Trinajstić information content (AvgIpc) is 1.83. The SMILES string of the molecule is CCC(CO)CC#N. The molecule has 0 saturated heterocycles. The summed E-state index contributed by atoms with van der Waals surface area (Å²) < 4.78 is 0. The van der Waals surface area contributed by atoms with Crippen molar-refractivity contribution in [3.63, 3.8) is 0 Å². The highest BCUT2D eigenvalue weighted by atomic mass is 16.3. The molecule has 0 amide bonds. The van der Waals surface area contributed by atoms with Crippen LogP contribution >= 0.6 is 0 Å². The van der Waals surface area contributed by atoms with Crippen LogP contribution in [0.2, 0.25) is 0 Å². The molecule has 0 bridgehead atoms. The van der Waals surface area contributed by atoms with Gasteiger partial charge in [0.25, 0.3) is 0 Å². The molecule has 0 radical (unpaired) electrons. The molecule has 0 aromatic carbocycles. The van der Waals surface area contributed by atoms with Crippen LogP contribution in [-0.2, 0) is 0 Å². The molecule has 0 aromatic heterocycles. The van der Waals surface area contributed by atoms with Crippen LogP contribution in [0.3, 0.4) is 0 Å². The maximum atomic E-state index is 8.51. The first-order valence-electron chi connectivity index (χ1n) is 2.83. The van der Waals surface area contributed by atoms with Crippen LogP contribution in [0.25, 0.3) is 0 Å². The molecule has 2 nitrogen and oxygen atoms in total. The Hall–Kier alpha value is -0.550. The Bertz CT molecular complexity index is 81.0. The quantitative estimate of drug-likeness (QED) is 0.591. The van der Waals surface area contributed by atoms with Crippen molar-refractivity contribution < 1.29 is 5.11 Å². The van der Waals surface area contributed by atoms with Gasteiger partial charge in [0.15, 0.2) is 0 Å². The van der Waals surface area contributed by atoms with Gasteiger partial charge >= 0.3 is 0 Å². The Morgan fingerprint density at radius 2 is 2.38 bits per heavy atom. The highest BCUT2D eigenvalue weighted by Crippen LogP contribution is 2.03. The molecule has 0 aliphatic rings. The summed E-state index contributed by atoms with van der Waals surface area (Å²) in [6.07, 6.45) is 1.37. The van der Waals surface area contributed by atoms with E-state index in [9.17, 15) is 0 Å². The van der Waals surface area contributed by atoms with E-state index >= 15 is 0 Å². The molecule has 1 atom stereocenters. The van der Waals surface area contributed by atoms with Crippen molar-refractivity contribution in [2.45, 2.75) is 19.8 Å². The van der Waals surface area contributed by atoms with Gasteiger partial charge in [-0.05, 0) is 5.92 Å². The smallest absolute Gasteiger partial charge is 0.0625 e. The molecule has 0 aliphatic heterocycles. The van der Waals surface area contributed by atoms with Gasteiger partial charge in [-0.15, -0.1) is 0 Å². The lowest BCUT2D eigenvalue weighted by atomic mass is 10.1. The fourth-order valence-corrected chi connectivity index (χ4v) is 0.467. The second-order valence-electron chi connectivity index (χ2n) is 1.82. The predicted octanol–water partition coefficient (Wildman–Crippen LogP) is 0.919. The molecule has 0 aromatic rings. The number of nitrogens with zero attached hydrogens (tertiary/aromatic N) is 1. The fraction of sp³-hybridized carbons (Fsp3) is 0.833. The second kappa shape index (κ2) is 4.61. The monoisotopic (exact) mass is 113 g/mol. The number of hydrogen-bond donors (Lipinski definition) is 1. The van der Waals surface area contributed by atoms with Crippen LogP contribution < -0.4 is 0 Å². The summed E-state index contributed by atoms with van der Waals surface area (Å²) in [5.41, 5.74) is 0. The standard InChI is InChI=1S/C6H11NO/c1-2-6(5-8)3-4-7/h6,8H,2-3,5H2,1H3. The minimum Gasteiger partial charge on any atom is -0.396 e. The van der Waals surface area contributed by atoms with Crippen molar-refractivity contribution in [1.29, 1.82) is 5.26 Å². The number of aliphatic hydroxyl groups excluding tert-OH is 1. The van der Waals surface area contributed by atoms with Crippen molar-refractivity contribution in [1.82, 2.24) is 0 Å². The van der Waals surface area contributed by atoms with E-state index in [-0.39, 0.29) is 12.5 Å². The third-order valence-corrected chi connectivity index (χ3v) is 1.22. The fourth-order valence-electron chi connectivity index (χ4n) is 0.467. The number of nitriles is 1. The first-order chi connectivity index (χ1) is 3.85. The van der Waals surface area contributed by atoms with Crippen molar-refractivity contribution in [2.24, 2.45) is 5.92 Å². The maximum Gasteiger partial charge on any atom is 0.0625 e. The summed E-state index contributed by atoms with van der Waals surface area (Å²) in [6, 6.07) is 2.01. The van der Waals surface area contributed by atoms with E-state index in [1.807, 2.05) is 13.0 Å². The molecule has 46 valence electrons. The van der Waals surface area contributed by atoms with Crippen LogP contribution in [0.15, 0.2) is 0 Å². The molecular weight excluding hydrogens is 102 g/mol. The van der Waals surface area contributed by atoms with Gasteiger partial charge in [-0.2, -0.15) is 5.26 Å². The molecule has 0 rings (SSSR count). The Labute approximate surface area is 49.8 Å². The molecule has 0 aliphatic carbocycles. The molecule has 2 heteroatoms. The van der Waals surface area contributed by atoms with Crippen LogP contribution in [-0.4, -0.2) is 11.7 Å². The van der Waals surface area contributed by atoms with Gasteiger partial charge in [-0.25, -0.2) is 0 Å². The predicted molar refractivity (Wildman–Crippen MR) is 31.1 cm³/mol. The summed E-state index contributed by atoms with van der Waals surface area (Å²) in [4.78, 5) is 0. The van der Waals surface area contributed by atoms with Crippen molar-refractivity contribution in [2.75, 3.05) is 6.61 Å². The van der Waals surface area contributed by atoms with Crippen LogP contribution in [0.1, 0.15) is 19.8 Å². The molecule has 8 heavy (non-hydrogen) atoms. The van der Waals surface area contributed by atoms with E-state index in [2.05, 4.69) is 0 Å². The van der Waals surface area contributed by atoms with Crippen LogP contribution in [0, 0.1) is 17.2 Å². The number of hydrogen-bond acceptors (Lipinski definition) is 2. The molecular formula is C6H11NO. The van der Waals surface area contributed by atoms with Gasteiger partial charge in [-0.1, -0.05) is 13.3 Å². The zero-order valence-corrected chi connectivity index (χ0v) is 5.09. The van der Waals surface area contributed by atoms with Gasteiger partial charge in [-0.3, -0.25) is 0 Å². The topological polar surface area (TPSA) is 44.0 Å². The first kappa shape index (κ1) is 7.45. The van der Waals surface area contributed by atoms with Crippen molar-refractivity contribution in [3.05, 3.63) is 0 Å². The zero-order valence-electron chi connectivity index (χ0n) is 5.09. The van der Waals surface area contributed by atoms with E-state index in [1.165, 1.54) is 0 Å². The van der Waals surface area contributed by atoms with E-state index in [0.717, 1.165) is 6.42 Å². The Kier molecular flexibility index (Phi) is 4.29. The first-order valence-corrected chi connectivity index (χ1v) is 2.83. The number of aliphatic hydroxyl groups is 1. The zero-order chi connectivity index (χ0) is 6.41. The van der Waals surface area contributed by atoms with E-state index in [1.54, 1.807) is 0 Å². The molecule has 0 fully saturated rings. The summed E-state index contributed by atoms with van der Waals surface area (Å²) in [7, 11) is 0. The molecule has 0 spiro atoms. The minimum atomic E-state index is 0.143. The molecule has 1 N–H and O–H groups in total. The lowest BCUT2D eigenvalue weighted by Crippen LogP contribution is -2.02. The summed E-state index contributed by atoms with van der Waals surface area (Å²) in [5.74, 6) is 0.194. The molecule has 0 heterocycles. The summed E-state index contributed by atoms with van der Waals surface area (Å²) >= 11 is 0. The van der Waals surface area contributed by atoms with E-state index in [4.69, 9.17) is 10.4 Å². The van der Waals surface area contributed by atoms with Gasteiger partial charge < -0.3 is 5.11 Å². The van der Waals surface area contributed by atoms with E-state index < -0.39 is 0 Å². The molecule has 1 unspecified atom stereocenters. The highest BCUT2D eigenvalue weighted by Gasteiger charge is 2.00. The second-order valence-corrected chi connectivity index (χ2v) is 1.82. The van der Waals surface area contributed by atoms with Crippen LogP contribution in [0.5, 0.6) is 0 Å². The third-order valence-electron chi connectivity index (χ3n) is 1.22. The minimum absolute atomic E-state index is 0.143. The summed E-state index contributed by atoms with van der Waals surface area (Å²) in [6.45, 7) is 2.11. The largest absolute Gasteiger partial charge is 0.396 e. The summed E-state index contributed by atoms with van der Waals surface area (Å²) in [5, 5.41) is 16.6. The van der Waals surface area contributed by atoms with E-state index in [0.29, 0.717) is 6.42 Å². The lowest BCUT2D eigenvalue weighted by molar-refractivity contribution is 0.225. The van der Waals surface area contributed by atoms with Gasteiger partial charge in [0.05, 0.1) is 6.07 Å². The Balaban J connectivity index is 3.25. The lowest BCUT2D eigenvalue weighted by Gasteiger charge is -2.02. The molecule has 0 saturated carbocycles. The van der Waals surface area contributed by atoms with Gasteiger partial charge in [0.1, 0.15) is 0 Å². The van der Waals surface area contributed by atoms with Gasteiger partial charge in [0, 0.05) is 13.0 Å². The average molecular weight is 113 g/mol. The van der Waals surface area contributed by atoms with Crippen LogP contribution in [0.4, 0.5) is 0 Å². The highest BCUT2D eigenvalue weighted by molar-refractivity contribution is 4.73. The Morgan fingerprint density at radius 3 is 2.50 bits per heavy atom. The normalized spacial score (nSPS) is 12.6. The third kappa shape index (κ3) is 2.59. The maximum absolute atomic E-state index is 8.51. The Morgan fingerprint density at radius 1 is 1.75 bits per heavy atom. The number of rotatable bonds is 3. The van der Waals surface area contributed by atoms with Gasteiger partial charge in [0.2, 0.25) is 0 Å².